The third-order valence-corrected chi connectivity index (χ3v) is 6.47. The molecule has 0 aliphatic heterocycles. The normalized spacial score (nSPS) is 13.6. The van der Waals surface area contributed by atoms with Crippen LogP contribution in [0.3, 0.4) is 0 Å². The summed E-state index contributed by atoms with van der Waals surface area (Å²) in [5.74, 6) is -0.431. The molecule has 0 saturated heterocycles. The van der Waals surface area contributed by atoms with Crippen molar-refractivity contribution in [3.63, 3.8) is 0 Å². The predicted octanol–water partition coefficient (Wildman–Crippen LogP) is 5.62. The molecule has 0 amide bonds. The van der Waals surface area contributed by atoms with Crippen LogP contribution in [0.1, 0.15) is 75.2 Å². The van der Waals surface area contributed by atoms with Crippen LogP contribution in [-0.2, 0) is 51.7 Å². The fourth-order valence-electron chi connectivity index (χ4n) is 2.79. The van der Waals surface area contributed by atoms with Crippen LogP contribution in [0, 0.1) is 31.1 Å². The zero-order chi connectivity index (χ0) is 20.3. The molecular formula is C21H40O5Y-2. The molecule has 0 rings (SSSR count). The first-order valence-corrected chi connectivity index (χ1v) is 8.86. The van der Waals surface area contributed by atoms with Gasteiger partial charge >= 0.3 is 12.1 Å². The summed E-state index contributed by atoms with van der Waals surface area (Å²) in [6.45, 7) is 21.2. The van der Waals surface area contributed by atoms with E-state index in [1.165, 1.54) is 7.11 Å². The van der Waals surface area contributed by atoms with Gasteiger partial charge in [0.2, 0.25) is 0 Å². The Morgan fingerprint density at radius 1 is 0.889 bits per heavy atom. The third kappa shape index (κ3) is 6.99. The Balaban J connectivity index is -0.00000288. The van der Waals surface area contributed by atoms with Crippen molar-refractivity contribution in [2.45, 2.75) is 86.4 Å². The molecule has 0 heterocycles. The maximum atomic E-state index is 12.4. The molecule has 0 aliphatic carbocycles. The van der Waals surface area contributed by atoms with Gasteiger partial charge in [0.15, 0.2) is 0 Å². The molecule has 1 unspecified atom stereocenters. The Bertz CT molecular complexity index is 481. The minimum atomic E-state index is -0.841. The largest absolute Gasteiger partial charge is 0.508 e. The van der Waals surface area contributed by atoms with Gasteiger partial charge in [-0.1, -0.05) is 41.0 Å². The average Bonchev–Trinajstić information content (AvgIpc) is 2.45. The standard InChI is InChI=1S/C20H37O5.CH3.Y/c1-12-13-14(2)15(21)24-19(7,8)17(3,4)18(5,6)20(9,10)25-16(22)23-11;;/h14H,1,12-13H2,2-11H3;1H3;/q2*-1;. The van der Waals surface area contributed by atoms with Crippen LogP contribution in [-0.4, -0.2) is 30.4 Å². The molecule has 1 atom stereocenters. The van der Waals surface area contributed by atoms with Crippen LogP contribution in [0.25, 0.3) is 0 Å². The van der Waals surface area contributed by atoms with E-state index < -0.39 is 28.2 Å². The van der Waals surface area contributed by atoms with Gasteiger partial charge in [0, 0.05) is 43.5 Å². The molecule has 0 bridgehead atoms. The average molecular weight is 461 g/mol. The van der Waals surface area contributed by atoms with Gasteiger partial charge in [0.05, 0.1) is 13.0 Å². The van der Waals surface area contributed by atoms with Crippen molar-refractivity contribution in [3.05, 3.63) is 14.4 Å². The van der Waals surface area contributed by atoms with Gasteiger partial charge in [-0.3, -0.25) is 4.79 Å². The van der Waals surface area contributed by atoms with Crippen LogP contribution < -0.4 is 0 Å². The first-order chi connectivity index (χ1) is 11.1. The maximum absolute atomic E-state index is 12.4. The third-order valence-electron chi connectivity index (χ3n) is 6.47. The number of hydrogen-bond acceptors (Lipinski definition) is 5. The van der Waals surface area contributed by atoms with Crippen molar-refractivity contribution in [1.82, 2.24) is 0 Å². The van der Waals surface area contributed by atoms with E-state index >= 15 is 0 Å². The van der Waals surface area contributed by atoms with Crippen molar-refractivity contribution in [2.24, 2.45) is 16.7 Å². The summed E-state index contributed by atoms with van der Waals surface area (Å²) < 4.78 is 16.1. The van der Waals surface area contributed by atoms with Crippen molar-refractivity contribution in [3.8, 4) is 0 Å². The summed E-state index contributed by atoms with van der Waals surface area (Å²) >= 11 is 0. The molecular weight excluding hydrogens is 421 g/mol. The van der Waals surface area contributed by atoms with Crippen molar-refractivity contribution >= 4 is 12.1 Å². The monoisotopic (exact) mass is 461 g/mol. The van der Waals surface area contributed by atoms with E-state index in [4.69, 9.17) is 9.47 Å². The summed E-state index contributed by atoms with van der Waals surface area (Å²) in [6, 6.07) is 0. The van der Waals surface area contributed by atoms with Gasteiger partial charge in [-0.05, 0) is 27.7 Å². The van der Waals surface area contributed by atoms with Crippen molar-refractivity contribution in [1.29, 1.82) is 0 Å². The minimum absolute atomic E-state index is 0. The molecule has 0 aromatic rings. The second-order valence-corrected chi connectivity index (χ2v) is 8.79. The molecule has 0 saturated carbocycles. The van der Waals surface area contributed by atoms with Crippen LogP contribution in [0.2, 0.25) is 0 Å². The zero-order valence-electron chi connectivity index (χ0n) is 19.3. The number of esters is 1. The van der Waals surface area contributed by atoms with Crippen LogP contribution in [0.15, 0.2) is 0 Å². The Kier molecular flexibility index (Phi) is 13.0. The number of hydrogen-bond donors (Lipinski definition) is 0. The van der Waals surface area contributed by atoms with Crippen LogP contribution in [0.5, 0.6) is 0 Å². The van der Waals surface area contributed by atoms with E-state index in [1.54, 1.807) is 0 Å². The second kappa shape index (κ2) is 11.1. The first kappa shape index (κ1) is 31.5. The van der Waals surface area contributed by atoms with Crippen molar-refractivity contribution in [2.75, 3.05) is 7.11 Å². The van der Waals surface area contributed by atoms with E-state index in [2.05, 4.69) is 11.7 Å². The topological polar surface area (TPSA) is 61.8 Å². The van der Waals surface area contributed by atoms with Gasteiger partial charge in [0.25, 0.3) is 0 Å². The molecule has 0 aromatic heterocycles. The molecule has 0 aromatic carbocycles. The predicted molar refractivity (Wildman–Crippen MR) is 105 cm³/mol. The molecule has 27 heavy (non-hydrogen) atoms. The Hall–Kier alpha value is -0.156. The summed E-state index contributed by atoms with van der Waals surface area (Å²) in [5.41, 5.74) is -2.67. The Morgan fingerprint density at radius 2 is 1.26 bits per heavy atom. The van der Waals surface area contributed by atoms with Gasteiger partial charge in [-0.15, -0.1) is 0 Å². The van der Waals surface area contributed by atoms with Gasteiger partial charge in [-0.25, -0.2) is 4.79 Å². The van der Waals surface area contributed by atoms with E-state index in [0.717, 1.165) is 0 Å². The molecule has 0 aliphatic rings. The number of rotatable bonds is 8. The second-order valence-electron chi connectivity index (χ2n) is 8.79. The summed E-state index contributed by atoms with van der Waals surface area (Å²) in [4.78, 5) is 24.1. The fraction of sp³-hybridized carbons (Fsp3) is 0.810. The molecule has 0 N–H and O–H groups in total. The molecule has 159 valence electrons. The van der Waals surface area contributed by atoms with E-state index in [1.807, 2.05) is 62.3 Å². The van der Waals surface area contributed by atoms with Crippen molar-refractivity contribution < 1.29 is 56.5 Å². The smallest absolute Gasteiger partial charge is 0.459 e. The van der Waals surface area contributed by atoms with Crippen LogP contribution >= 0.6 is 0 Å². The molecule has 0 spiro atoms. The zero-order valence-corrected chi connectivity index (χ0v) is 22.2. The van der Waals surface area contributed by atoms with Crippen LogP contribution in [0.4, 0.5) is 4.79 Å². The number of carbonyl (C=O) groups is 2. The molecule has 1 radical (unpaired) electrons. The molecule has 5 nitrogen and oxygen atoms in total. The first-order valence-electron chi connectivity index (χ1n) is 8.86. The SMILES string of the molecule is [CH2-]CCC(C)C(=O)OC(C)(C)C(C)(C)C(C)(C)C(C)(C)OC(=O)OC.[CH3-].[Y]. The van der Waals surface area contributed by atoms with E-state index in [-0.39, 0.29) is 52.0 Å². The number of carbonyl (C=O) groups excluding carboxylic acids is 2. The minimum Gasteiger partial charge on any atom is -0.459 e. The maximum Gasteiger partial charge on any atom is 0.508 e. The summed E-state index contributed by atoms with van der Waals surface area (Å²) in [7, 11) is 1.28. The van der Waals surface area contributed by atoms with Gasteiger partial charge in [-0.2, -0.15) is 6.42 Å². The molecule has 0 fully saturated rings. The number of ether oxygens (including phenoxy) is 3. The van der Waals surface area contributed by atoms with E-state index in [9.17, 15) is 9.59 Å². The quantitative estimate of drug-likeness (QED) is 0.347. The Morgan fingerprint density at radius 3 is 1.59 bits per heavy atom. The number of methoxy groups -OCH3 is 1. The Labute approximate surface area is 192 Å². The molecule has 6 heteroatoms. The summed E-state index contributed by atoms with van der Waals surface area (Å²) in [6.07, 6.45) is 0.647. The fourth-order valence-corrected chi connectivity index (χ4v) is 2.79. The van der Waals surface area contributed by atoms with Gasteiger partial charge in [0.1, 0.15) is 11.2 Å². The summed E-state index contributed by atoms with van der Waals surface area (Å²) in [5, 5.41) is 0. The van der Waals surface area contributed by atoms with Gasteiger partial charge < -0.3 is 28.6 Å². The van der Waals surface area contributed by atoms with E-state index in [0.29, 0.717) is 12.8 Å².